The molecular formula is C23H18ClN5O2. The van der Waals surface area contributed by atoms with Crippen molar-refractivity contribution in [2.45, 2.75) is 19.0 Å². The van der Waals surface area contributed by atoms with Crippen LogP contribution in [0.25, 0.3) is 11.0 Å². The highest BCUT2D eigenvalue weighted by atomic mass is 35.5. The van der Waals surface area contributed by atoms with Gasteiger partial charge in [-0.1, -0.05) is 35.9 Å². The summed E-state index contributed by atoms with van der Waals surface area (Å²) in [4.78, 5) is 14.1. The average Bonchev–Trinajstić information content (AvgIpc) is 3.18. The molecule has 1 amide bonds. The summed E-state index contributed by atoms with van der Waals surface area (Å²) in [6.45, 7) is 1.68. The molecule has 7 nitrogen and oxygen atoms in total. The molecule has 1 aromatic heterocycles. The van der Waals surface area contributed by atoms with Crippen molar-refractivity contribution in [2.75, 3.05) is 0 Å². The van der Waals surface area contributed by atoms with Gasteiger partial charge in [0.1, 0.15) is 28.1 Å². The van der Waals surface area contributed by atoms with E-state index in [2.05, 4.69) is 21.6 Å². The first kappa shape index (κ1) is 20.4. The molecule has 1 atom stereocenters. The van der Waals surface area contributed by atoms with E-state index in [1.54, 1.807) is 49.4 Å². The third kappa shape index (κ3) is 4.65. The van der Waals surface area contributed by atoms with Gasteiger partial charge in [-0.2, -0.15) is 20.3 Å². The zero-order valence-electron chi connectivity index (χ0n) is 16.6. The van der Waals surface area contributed by atoms with Crippen LogP contribution < -0.4 is 10.1 Å². The first-order valence-electron chi connectivity index (χ1n) is 9.52. The Bertz CT molecular complexity index is 1260. The number of nitriles is 1. The number of hydrogen-bond donors (Lipinski definition) is 1. The van der Waals surface area contributed by atoms with Gasteiger partial charge in [-0.15, -0.1) is 0 Å². The molecule has 0 saturated carbocycles. The molecular weight excluding hydrogens is 414 g/mol. The molecule has 1 N–H and O–H groups in total. The lowest BCUT2D eigenvalue weighted by atomic mass is 10.0. The number of nitrogens with one attached hydrogen (secondary N) is 1. The molecule has 1 heterocycles. The highest BCUT2D eigenvalue weighted by Gasteiger charge is 2.28. The van der Waals surface area contributed by atoms with E-state index in [1.165, 1.54) is 4.80 Å². The van der Waals surface area contributed by atoms with Gasteiger partial charge in [0.05, 0.1) is 17.6 Å². The van der Waals surface area contributed by atoms with Crippen LogP contribution in [0.4, 0.5) is 0 Å². The molecule has 0 aliphatic rings. The summed E-state index contributed by atoms with van der Waals surface area (Å²) in [7, 11) is 0. The van der Waals surface area contributed by atoms with Gasteiger partial charge in [-0.05, 0) is 55.5 Å². The number of amides is 1. The van der Waals surface area contributed by atoms with Gasteiger partial charge in [-0.25, -0.2) is 0 Å². The van der Waals surface area contributed by atoms with Gasteiger partial charge in [-0.3, -0.25) is 4.79 Å². The van der Waals surface area contributed by atoms with Crippen LogP contribution in [0.1, 0.15) is 17.3 Å². The number of carbonyl (C=O) groups excluding carboxylic acids is 1. The minimum absolute atomic E-state index is 0.0649. The predicted molar refractivity (Wildman–Crippen MR) is 117 cm³/mol. The lowest BCUT2D eigenvalue weighted by Crippen LogP contribution is -2.48. The Morgan fingerprint density at radius 2 is 1.77 bits per heavy atom. The van der Waals surface area contributed by atoms with Gasteiger partial charge >= 0.3 is 0 Å². The van der Waals surface area contributed by atoms with Gasteiger partial charge in [0.15, 0.2) is 0 Å². The maximum atomic E-state index is 12.7. The fourth-order valence-corrected chi connectivity index (χ4v) is 3.23. The molecule has 4 rings (SSSR count). The normalized spacial score (nSPS) is 12.7. The van der Waals surface area contributed by atoms with Crippen molar-refractivity contribution in [3.8, 4) is 17.6 Å². The van der Waals surface area contributed by atoms with Crippen molar-refractivity contribution in [3.63, 3.8) is 0 Å². The van der Waals surface area contributed by atoms with E-state index in [0.29, 0.717) is 33.1 Å². The number of fused-ring (bicyclic) bond motifs is 1. The second kappa shape index (κ2) is 8.46. The molecule has 31 heavy (non-hydrogen) atoms. The van der Waals surface area contributed by atoms with Crippen LogP contribution in [0, 0.1) is 11.3 Å². The van der Waals surface area contributed by atoms with E-state index in [-0.39, 0.29) is 12.5 Å². The molecule has 0 saturated heterocycles. The Hall–Kier alpha value is -3.89. The van der Waals surface area contributed by atoms with E-state index in [0.717, 1.165) is 0 Å². The Labute approximate surface area is 183 Å². The Balaban J connectivity index is 1.46. The summed E-state index contributed by atoms with van der Waals surface area (Å²) in [5.41, 5.74) is 0.346. The molecule has 0 bridgehead atoms. The van der Waals surface area contributed by atoms with Crippen LogP contribution in [-0.4, -0.2) is 26.4 Å². The van der Waals surface area contributed by atoms with Crippen molar-refractivity contribution >= 4 is 28.5 Å². The Kier molecular flexibility index (Phi) is 5.56. The number of aromatic nitrogens is 3. The first-order valence-corrected chi connectivity index (χ1v) is 9.90. The average molecular weight is 432 g/mol. The second-order valence-corrected chi connectivity index (χ2v) is 7.58. The van der Waals surface area contributed by atoms with Gasteiger partial charge in [0, 0.05) is 5.56 Å². The minimum atomic E-state index is -1.22. The summed E-state index contributed by atoms with van der Waals surface area (Å²) in [6, 6.07) is 23.5. The summed E-state index contributed by atoms with van der Waals surface area (Å²) in [5, 5.41) is 21.6. The van der Waals surface area contributed by atoms with E-state index in [9.17, 15) is 10.1 Å². The number of hydrogen-bond acceptors (Lipinski definition) is 5. The molecule has 154 valence electrons. The molecule has 0 aliphatic carbocycles. The predicted octanol–water partition coefficient (Wildman–Crippen LogP) is 4.59. The standard InChI is InChI=1S/C23H18ClN5O2/c1-23(14-25,15-29-27-20-9-5-8-19(24)21(20)28-29)26-22(30)16-10-12-18(13-11-16)31-17-6-3-2-4-7-17/h2-13H,15H2,1H3,(H,26,30). The highest BCUT2D eigenvalue weighted by Crippen LogP contribution is 2.22. The lowest BCUT2D eigenvalue weighted by molar-refractivity contribution is 0.0916. The first-order chi connectivity index (χ1) is 15.0. The van der Waals surface area contributed by atoms with E-state index in [1.807, 2.05) is 30.3 Å². The summed E-state index contributed by atoms with van der Waals surface area (Å²) in [6.07, 6.45) is 0. The third-order valence-corrected chi connectivity index (χ3v) is 4.90. The molecule has 0 aliphatic heterocycles. The van der Waals surface area contributed by atoms with Crippen LogP contribution in [0.15, 0.2) is 72.8 Å². The largest absolute Gasteiger partial charge is 0.457 e. The molecule has 4 aromatic rings. The number of carbonyl (C=O) groups is 1. The van der Waals surface area contributed by atoms with E-state index in [4.69, 9.17) is 16.3 Å². The molecule has 0 fully saturated rings. The van der Waals surface area contributed by atoms with Crippen molar-refractivity contribution in [1.29, 1.82) is 5.26 Å². The number of halogens is 1. The topological polar surface area (TPSA) is 92.8 Å². The smallest absolute Gasteiger partial charge is 0.252 e. The third-order valence-electron chi connectivity index (χ3n) is 4.59. The van der Waals surface area contributed by atoms with E-state index >= 15 is 0 Å². The number of nitrogens with zero attached hydrogens (tertiary/aromatic N) is 4. The van der Waals surface area contributed by atoms with Crippen molar-refractivity contribution < 1.29 is 9.53 Å². The highest BCUT2D eigenvalue weighted by molar-refractivity contribution is 6.34. The summed E-state index contributed by atoms with van der Waals surface area (Å²) in [5.74, 6) is 0.927. The van der Waals surface area contributed by atoms with Crippen LogP contribution in [-0.2, 0) is 6.54 Å². The lowest BCUT2D eigenvalue weighted by Gasteiger charge is -2.22. The zero-order valence-corrected chi connectivity index (χ0v) is 17.4. The van der Waals surface area contributed by atoms with Gasteiger partial charge in [0.25, 0.3) is 5.91 Å². The zero-order chi connectivity index (χ0) is 21.8. The molecule has 8 heteroatoms. The van der Waals surface area contributed by atoms with Gasteiger partial charge in [0.2, 0.25) is 0 Å². The monoisotopic (exact) mass is 431 g/mol. The van der Waals surface area contributed by atoms with Crippen LogP contribution >= 0.6 is 11.6 Å². The number of rotatable bonds is 6. The fraction of sp³-hybridized carbons (Fsp3) is 0.130. The van der Waals surface area contributed by atoms with Crippen LogP contribution in [0.2, 0.25) is 5.02 Å². The van der Waals surface area contributed by atoms with E-state index < -0.39 is 5.54 Å². The maximum absolute atomic E-state index is 12.7. The Morgan fingerprint density at radius 3 is 2.45 bits per heavy atom. The number of para-hydroxylation sites is 1. The van der Waals surface area contributed by atoms with Crippen molar-refractivity contribution in [3.05, 3.63) is 83.4 Å². The fourth-order valence-electron chi connectivity index (χ4n) is 3.02. The summed E-state index contributed by atoms with van der Waals surface area (Å²) < 4.78 is 5.74. The van der Waals surface area contributed by atoms with Crippen molar-refractivity contribution in [2.24, 2.45) is 0 Å². The molecule has 0 radical (unpaired) electrons. The quantitative estimate of drug-likeness (QED) is 0.482. The molecule has 3 aromatic carbocycles. The minimum Gasteiger partial charge on any atom is -0.457 e. The maximum Gasteiger partial charge on any atom is 0.252 e. The SMILES string of the molecule is CC(C#N)(Cn1nc2cccc(Cl)c2n1)NC(=O)c1ccc(Oc2ccccc2)cc1. The summed E-state index contributed by atoms with van der Waals surface area (Å²) >= 11 is 6.14. The Morgan fingerprint density at radius 1 is 1.06 bits per heavy atom. The van der Waals surface area contributed by atoms with Crippen molar-refractivity contribution in [1.82, 2.24) is 20.3 Å². The van der Waals surface area contributed by atoms with Crippen LogP contribution in [0.5, 0.6) is 11.5 Å². The van der Waals surface area contributed by atoms with Gasteiger partial charge < -0.3 is 10.1 Å². The number of benzene rings is 3. The van der Waals surface area contributed by atoms with Crippen LogP contribution in [0.3, 0.4) is 0 Å². The second-order valence-electron chi connectivity index (χ2n) is 7.18. The number of ether oxygens (including phenoxy) is 1. The molecule has 1 unspecified atom stereocenters. The molecule has 0 spiro atoms.